The molecular formula is C16H17FN2O2. The van der Waals surface area contributed by atoms with Crippen LogP contribution in [0.15, 0.2) is 42.5 Å². The molecule has 0 amide bonds. The molecular weight excluding hydrogens is 271 g/mol. The fraction of sp³-hybridized carbons (Fsp3) is 0.188. The second-order valence-corrected chi connectivity index (χ2v) is 4.47. The van der Waals surface area contributed by atoms with Gasteiger partial charge in [-0.05, 0) is 31.2 Å². The van der Waals surface area contributed by atoms with Crippen LogP contribution in [0.2, 0.25) is 0 Å². The Balaban J connectivity index is 2.14. The first-order valence-electron chi connectivity index (χ1n) is 6.65. The Morgan fingerprint density at radius 3 is 2.76 bits per heavy atom. The first kappa shape index (κ1) is 14.8. The number of nitrogens with one attached hydrogen (secondary N) is 1. The summed E-state index contributed by atoms with van der Waals surface area (Å²) in [6.45, 7) is 2.33. The highest BCUT2D eigenvalue weighted by Gasteiger charge is 2.09. The topological polar surface area (TPSA) is 64.3 Å². The van der Waals surface area contributed by atoms with E-state index in [1.165, 1.54) is 6.07 Å². The van der Waals surface area contributed by atoms with E-state index in [4.69, 9.17) is 10.5 Å². The van der Waals surface area contributed by atoms with Gasteiger partial charge in [0.05, 0.1) is 23.5 Å². The molecule has 0 radical (unpaired) electrons. The summed E-state index contributed by atoms with van der Waals surface area (Å²) >= 11 is 0. The lowest BCUT2D eigenvalue weighted by atomic mass is 10.1. The molecule has 21 heavy (non-hydrogen) atoms. The fourth-order valence-electron chi connectivity index (χ4n) is 1.88. The second kappa shape index (κ2) is 6.74. The molecule has 0 aliphatic heterocycles. The van der Waals surface area contributed by atoms with Crippen molar-refractivity contribution in [3.05, 3.63) is 59.4 Å². The number of ether oxygens (including phenoxy) is 1. The van der Waals surface area contributed by atoms with Crippen molar-refractivity contribution >= 4 is 17.3 Å². The van der Waals surface area contributed by atoms with Gasteiger partial charge in [-0.3, -0.25) is 0 Å². The molecule has 110 valence electrons. The molecule has 5 heteroatoms. The number of hydrogen-bond donors (Lipinski definition) is 2. The van der Waals surface area contributed by atoms with Gasteiger partial charge in [-0.15, -0.1) is 0 Å². The van der Waals surface area contributed by atoms with Crippen molar-refractivity contribution in [1.29, 1.82) is 0 Å². The van der Waals surface area contributed by atoms with Gasteiger partial charge in [0.1, 0.15) is 5.82 Å². The largest absolute Gasteiger partial charge is 0.462 e. The average Bonchev–Trinajstić information content (AvgIpc) is 2.48. The van der Waals surface area contributed by atoms with Crippen LogP contribution in [0.4, 0.5) is 15.8 Å². The number of hydrogen-bond acceptors (Lipinski definition) is 4. The van der Waals surface area contributed by atoms with Gasteiger partial charge in [0.25, 0.3) is 0 Å². The van der Waals surface area contributed by atoms with Gasteiger partial charge in [0.2, 0.25) is 0 Å². The third kappa shape index (κ3) is 3.72. The fourth-order valence-corrected chi connectivity index (χ4v) is 1.88. The molecule has 0 aromatic heterocycles. The molecule has 0 spiro atoms. The molecule has 0 unspecified atom stereocenters. The molecule has 0 bridgehead atoms. The maximum absolute atomic E-state index is 13.6. The Morgan fingerprint density at radius 1 is 1.29 bits per heavy atom. The minimum atomic E-state index is -0.411. The van der Waals surface area contributed by atoms with Crippen LogP contribution in [0.5, 0.6) is 0 Å². The van der Waals surface area contributed by atoms with E-state index in [-0.39, 0.29) is 12.4 Å². The van der Waals surface area contributed by atoms with Crippen molar-refractivity contribution in [3.8, 4) is 0 Å². The third-order valence-corrected chi connectivity index (χ3v) is 2.99. The molecule has 0 aliphatic rings. The monoisotopic (exact) mass is 288 g/mol. The predicted octanol–water partition coefficient (Wildman–Crippen LogP) is 3.20. The molecule has 2 aromatic carbocycles. The summed E-state index contributed by atoms with van der Waals surface area (Å²) in [5.41, 5.74) is 7.85. The van der Waals surface area contributed by atoms with Gasteiger partial charge in [0.15, 0.2) is 0 Å². The standard InChI is InChI=1S/C16H17FN2O2/c1-2-21-16(20)11-7-8-14(18)15(9-11)19-10-12-5-3-4-6-13(12)17/h3-9,19H,2,10,18H2,1H3. The zero-order chi connectivity index (χ0) is 15.2. The van der Waals surface area contributed by atoms with Crippen LogP contribution < -0.4 is 11.1 Å². The quantitative estimate of drug-likeness (QED) is 0.655. The summed E-state index contributed by atoms with van der Waals surface area (Å²) in [6.07, 6.45) is 0. The Morgan fingerprint density at radius 2 is 2.05 bits per heavy atom. The van der Waals surface area contributed by atoms with Crippen LogP contribution in [0.25, 0.3) is 0 Å². The van der Waals surface area contributed by atoms with Crippen molar-refractivity contribution < 1.29 is 13.9 Å². The molecule has 4 nitrogen and oxygen atoms in total. The Kier molecular flexibility index (Phi) is 4.77. The number of rotatable bonds is 5. The minimum absolute atomic E-state index is 0.281. The summed E-state index contributed by atoms with van der Waals surface area (Å²) in [6, 6.07) is 11.3. The van der Waals surface area contributed by atoms with Gasteiger partial charge in [-0.25, -0.2) is 9.18 Å². The summed E-state index contributed by atoms with van der Waals surface area (Å²) in [5, 5.41) is 3.03. The van der Waals surface area contributed by atoms with E-state index in [0.29, 0.717) is 29.1 Å². The third-order valence-electron chi connectivity index (χ3n) is 2.99. The number of nitrogen functional groups attached to an aromatic ring is 1. The predicted molar refractivity (Wildman–Crippen MR) is 80.5 cm³/mol. The minimum Gasteiger partial charge on any atom is -0.462 e. The first-order chi connectivity index (χ1) is 10.1. The number of esters is 1. The van der Waals surface area contributed by atoms with E-state index < -0.39 is 5.97 Å². The zero-order valence-corrected chi connectivity index (χ0v) is 11.7. The normalized spacial score (nSPS) is 10.2. The summed E-state index contributed by atoms with van der Waals surface area (Å²) in [5.74, 6) is -0.698. The van der Waals surface area contributed by atoms with Gasteiger partial charge in [-0.1, -0.05) is 18.2 Å². The van der Waals surface area contributed by atoms with E-state index in [1.807, 2.05) is 0 Å². The van der Waals surface area contributed by atoms with Crippen molar-refractivity contribution in [2.45, 2.75) is 13.5 Å². The molecule has 0 heterocycles. The van der Waals surface area contributed by atoms with Crippen LogP contribution in [0.3, 0.4) is 0 Å². The maximum Gasteiger partial charge on any atom is 0.338 e. The zero-order valence-electron chi connectivity index (χ0n) is 11.7. The van der Waals surface area contributed by atoms with Crippen molar-refractivity contribution in [1.82, 2.24) is 0 Å². The van der Waals surface area contributed by atoms with Crippen LogP contribution in [0, 0.1) is 5.82 Å². The highest BCUT2D eigenvalue weighted by molar-refractivity contribution is 5.92. The van der Waals surface area contributed by atoms with Gasteiger partial charge in [-0.2, -0.15) is 0 Å². The second-order valence-electron chi connectivity index (χ2n) is 4.47. The molecule has 3 N–H and O–H groups in total. The van der Waals surface area contributed by atoms with E-state index >= 15 is 0 Å². The Labute approximate surface area is 122 Å². The molecule has 2 aromatic rings. The molecule has 0 aliphatic carbocycles. The molecule has 0 saturated carbocycles. The van der Waals surface area contributed by atoms with E-state index in [0.717, 1.165) is 0 Å². The molecule has 0 fully saturated rings. The lowest BCUT2D eigenvalue weighted by Gasteiger charge is -2.11. The summed E-state index contributed by atoms with van der Waals surface area (Å²) in [7, 11) is 0. The van der Waals surface area contributed by atoms with Gasteiger partial charge in [0, 0.05) is 12.1 Å². The number of carbonyl (C=O) groups excluding carboxylic acids is 1. The van der Waals surface area contributed by atoms with Crippen LogP contribution in [0.1, 0.15) is 22.8 Å². The van der Waals surface area contributed by atoms with E-state index in [1.54, 1.807) is 43.3 Å². The van der Waals surface area contributed by atoms with Crippen LogP contribution in [-0.2, 0) is 11.3 Å². The lowest BCUT2D eigenvalue weighted by Crippen LogP contribution is -2.08. The average molecular weight is 288 g/mol. The first-order valence-corrected chi connectivity index (χ1v) is 6.65. The van der Waals surface area contributed by atoms with Crippen LogP contribution >= 0.6 is 0 Å². The van der Waals surface area contributed by atoms with Crippen LogP contribution in [-0.4, -0.2) is 12.6 Å². The molecule has 2 rings (SSSR count). The van der Waals surface area contributed by atoms with Crippen molar-refractivity contribution in [3.63, 3.8) is 0 Å². The SMILES string of the molecule is CCOC(=O)c1ccc(N)c(NCc2ccccc2F)c1. The maximum atomic E-state index is 13.6. The Hall–Kier alpha value is -2.56. The number of anilines is 2. The van der Waals surface area contributed by atoms with Crippen molar-refractivity contribution in [2.75, 3.05) is 17.7 Å². The lowest BCUT2D eigenvalue weighted by molar-refractivity contribution is 0.0526. The molecule has 0 saturated heterocycles. The van der Waals surface area contributed by atoms with E-state index in [9.17, 15) is 9.18 Å². The van der Waals surface area contributed by atoms with Gasteiger partial charge < -0.3 is 15.8 Å². The highest BCUT2D eigenvalue weighted by Crippen LogP contribution is 2.22. The summed E-state index contributed by atoms with van der Waals surface area (Å²) in [4.78, 5) is 11.7. The van der Waals surface area contributed by atoms with Gasteiger partial charge >= 0.3 is 5.97 Å². The number of halogens is 1. The number of carbonyl (C=O) groups is 1. The smallest absolute Gasteiger partial charge is 0.338 e. The highest BCUT2D eigenvalue weighted by atomic mass is 19.1. The Bertz CT molecular complexity index is 644. The number of nitrogens with two attached hydrogens (primary N) is 1. The van der Waals surface area contributed by atoms with Crippen molar-refractivity contribution in [2.24, 2.45) is 0 Å². The molecule has 0 atom stereocenters. The number of benzene rings is 2. The summed E-state index contributed by atoms with van der Waals surface area (Å²) < 4.78 is 18.5. The van der Waals surface area contributed by atoms with E-state index in [2.05, 4.69) is 5.32 Å².